The van der Waals surface area contributed by atoms with Gasteiger partial charge in [0.2, 0.25) is 5.16 Å². The van der Waals surface area contributed by atoms with Crippen molar-refractivity contribution in [3.05, 3.63) is 5.82 Å². The minimum atomic E-state index is 0.631. The molecular weight excluding hydrogens is 208 g/mol. The van der Waals surface area contributed by atoms with Gasteiger partial charge in [-0.3, -0.25) is 0 Å². The lowest BCUT2D eigenvalue weighted by atomic mass is 9.89. The fraction of sp³-hybridized carbons (Fsp3) is 0.800. The van der Waals surface area contributed by atoms with Crippen LogP contribution in [0.15, 0.2) is 5.16 Å². The molecule has 0 radical (unpaired) electrons. The molecule has 1 fully saturated rings. The molecule has 15 heavy (non-hydrogen) atoms. The highest BCUT2D eigenvalue weighted by atomic mass is 32.2. The third-order valence-corrected chi connectivity index (χ3v) is 4.16. The average Bonchev–Trinajstić information content (AvgIpc) is 2.74. The first kappa shape index (κ1) is 9.51. The minimum Gasteiger partial charge on any atom is -0.321 e. The van der Waals surface area contributed by atoms with Crippen LogP contribution >= 0.6 is 11.8 Å². The molecule has 82 valence electrons. The number of hydrogen-bond donors (Lipinski definition) is 1. The molecule has 4 nitrogen and oxygen atoms in total. The van der Waals surface area contributed by atoms with Crippen molar-refractivity contribution in [1.29, 1.82) is 0 Å². The van der Waals surface area contributed by atoms with Crippen molar-refractivity contribution in [2.24, 2.45) is 0 Å². The van der Waals surface area contributed by atoms with Gasteiger partial charge in [-0.2, -0.15) is 0 Å². The zero-order valence-electron chi connectivity index (χ0n) is 8.78. The van der Waals surface area contributed by atoms with Crippen molar-refractivity contribution in [3.8, 4) is 0 Å². The Labute approximate surface area is 93.8 Å². The van der Waals surface area contributed by atoms with Crippen molar-refractivity contribution in [2.75, 3.05) is 17.7 Å². The van der Waals surface area contributed by atoms with Gasteiger partial charge in [0.1, 0.15) is 0 Å². The molecule has 0 amide bonds. The molecule has 1 saturated carbocycles. The maximum absolute atomic E-state index is 4.35. The molecule has 0 aromatic carbocycles. The topological polar surface area (TPSA) is 42.7 Å². The number of nitrogens with zero attached hydrogens (tertiary/aromatic N) is 3. The van der Waals surface area contributed by atoms with Crippen LogP contribution in [0.1, 0.15) is 43.8 Å². The van der Waals surface area contributed by atoms with E-state index in [-0.39, 0.29) is 0 Å². The van der Waals surface area contributed by atoms with Crippen LogP contribution in [0.3, 0.4) is 0 Å². The molecule has 0 saturated heterocycles. The van der Waals surface area contributed by atoms with Crippen LogP contribution < -0.4 is 5.43 Å². The Bertz CT molecular complexity index is 343. The molecule has 1 aromatic rings. The number of thioether (sulfide) groups is 1. The fourth-order valence-corrected chi connectivity index (χ4v) is 3.21. The van der Waals surface area contributed by atoms with E-state index in [1.54, 1.807) is 11.8 Å². The Morgan fingerprint density at radius 2 is 2.07 bits per heavy atom. The maximum atomic E-state index is 4.35. The molecule has 0 atom stereocenters. The van der Waals surface area contributed by atoms with Crippen LogP contribution in [0, 0.1) is 0 Å². The van der Waals surface area contributed by atoms with Gasteiger partial charge in [0, 0.05) is 18.2 Å². The molecule has 2 heterocycles. The van der Waals surface area contributed by atoms with Crippen molar-refractivity contribution in [3.63, 3.8) is 0 Å². The second-order valence-electron chi connectivity index (χ2n) is 4.27. The SMILES string of the molecule is C1CCC(c2nnc3n2NCCS3)CC1. The van der Waals surface area contributed by atoms with Gasteiger partial charge in [-0.1, -0.05) is 31.0 Å². The second-order valence-corrected chi connectivity index (χ2v) is 5.33. The molecule has 0 unspecified atom stereocenters. The Kier molecular flexibility index (Phi) is 2.56. The summed E-state index contributed by atoms with van der Waals surface area (Å²) in [6.07, 6.45) is 6.65. The molecule has 0 spiro atoms. The summed E-state index contributed by atoms with van der Waals surface area (Å²) in [6, 6.07) is 0. The summed E-state index contributed by atoms with van der Waals surface area (Å²) in [5.74, 6) is 2.89. The first-order valence-electron chi connectivity index (χ1n) is 5.77. The standard InChI is InChI=1S/C10H16N4S/c1-2-4-8(5-3-1)9-12-13-10-14(9)11-6-7-15-10/h8,11H,1-7H2. The smallest absolute Gasteiger partial charge is 0.210 e. The van der Waals surface area contributed by atoms with E-state index in [0.717, 1.165) is 23.3 Å². The highest BCUT2D eigenvalue weighted by Gasteiger charge is 2.24. The van der Waals surface area contributed by atoms with Gasteiger partial charge in [0.25, 0.3) is 0 Å². The lowest BCUT2D eigenvalue weighted by molar-refractivity contribution is 0.419. The summed E-state index contributed by atoms with van der Waals surface area (Å²) < 4.78 is 2.12. The monoisotopic (exact) mass is 224 g/mol. The maximum Gasteiger partial charge on any atom is 0.210 e. The van der Waals surface area contributed by atoms with Gasteiger partial charge >= 0.3 is 0 Å². The van der Waals surface area contributed by atoms with E-state index >= 15 is 0 Å². The number of fused-ring (bicyclic) bond motifs is 1. The molecule has 2 aliphatic rings. The number of rotatable bonds is 1. The molecule has 1 aromatic heterocycles. The third kappa shape index (κ3) is 1.73. The summed E-state index contributed by atoms with van der Waals surface area (Å²) in [5.41, 5.74) is 3.38. The minimum absolute atomic E-state index is 0.631. The van der Waals surface area contributed by atoms with E-state index < -0.39 is 0 Å². The Morgan fingerprint density at radius 1 is 1.20 bits per heavy atom. The summed E-state index contributed by atoms with van der Waals surface area (Å²) in [4.78, 5) is 0. The molecule has 1 N–H and O–H groups in total. The van der Waals surface area contributed by atoms with Crippen LogP contribution in [0.2, 0.25) is 0 Å². The third-order valence-electron chi connectivity index (χ3n) is 3.23. The Balaban J connectivity index is 1.87. The highest BCUT2D eigenvalue weighted by Crippen LogP contribution is 2.33. The molecule has 5 heteroatoms. The van der Waals surface area contributed by atoms with Crippen LogP contribution in [0.5, 0.6) is 0 Å². The summed E-state index contributed by atoms with van der Waals surface area (Å²) in [7, 11) is 0. The van der Waals surface area contributed by atoms with Crippen LogP contribution in [0.4, 0.5) is 0 Å². The fourth-order valence-electron chi connectivity index (χ4n) is 2.45. The summed E-state index contributed by atoms with van der Waals surface area (Å²) in [6.45, 7) is 1.02. The van der Waals surface area contributed by atoms with E-state index in [0.29, 0.717) is 5.92 Å². The lowest BCUT2D eigenvalue weighted by Crippen LogP contribution is -2.26. The van der Waals surface area contributed by atoms with Gasteiger partial charge in [-0.05, 0) is 12.8 Å². The number of nitrogens with one attached hydrogen (secondary N) is 1. The summed E-state index contributed by atoms with van der Waals surface area (Å²) in [5, 5.41) is 9.64. The Hall–Kier alpha value is -0.710. The summed E-state index contributed by atoms with van der Waals surface area (Å²) >= 11 is 1.80. The predicted molar refractivity (Wildman–Crippen MR) is 60.8 cm³/mol. The zero-order valence-corrected chi connectivity index (χ0v) is 9.59. The van der Waals surface area contributed by atoms with Crippen molar-refractivity contribution in [1.82, 2.24) is 14.9 Å². The van der Waals surface area contributed by atoms with Gasteiger partial charge < -0.3 is 5.43 Å². The quantitative estimate of drug-likeness (QED) is 0.792. The first-order chi connectivity index (χ1) is 7.45. The van der Waals surface area contributed by atoms with E-state index in [1.807, 2.05) is 0 Å². The highest BCUT2D eigenvalue weighted by molar-refractivity contribution is 7.99. The van der Waals surface area contributed by atoms with Crippen molar-refractivity contribution >= 4 is 11.8 Å². The molecule has 3 rings (SSSR count). The van der Waals surface area contributed by atoms with Crippen molar-refractivity contribution < 1.29 is 0 Å². The molecular formula is C10H16N4S. The predicted octanol–water partition coefficient (Wildman–Crippen LogP) is 1.97. The Morgan fingerprint density at radius 3 is 2.93 bits per heavy atom. The molecule has 1 aliphatic heterocycles. The number of hydrogen-bond acceptors (Lipinski definition) is 4. The average molecular weight is 224 g/mol. The van der Waals surface area contributed by atoms with Gasteiger partial charge in [-0.25, -0.2) is 4.68 Å². The van der Waals surface area contributed by atoms with Crippen LogP contribution in [-0.4, -0.2) is 27.2 Å². The molecule has 1 aliphatic carbocycles. The van der Waals surface area contributed by atoms with Crippen molar-refractivity contribution in [2.45, 2.75) is 43.2 Å². The second kappa shape index (κ2) is 4.04. The van der Waals surface area contributed by atoms with E-state index in [4.69, 9.17) is 0 Å². The van der Waals surface area contributed by atoms with Gasteiger partial charge in [0.15, 0.2) is 5.82 Å². The number of aromatic nitrogens is 3. The van der Waals surface area contributed by atoms with Gasteiger partial charge in [0.05, 0.1) is 0 Å². The molecule has 0 bridgehead atoms. The van der Waals surface area contributed by atoms with Gasteiger partial charge in [-0.15, -0.1) is 10.2 Å². The van der Waals surface area contributed by atoms with Crippen LogP contribution in [0.25, 0.3) is 0 Å². The lowest BCUT2D eigenvalue weighted by Gasteiger charge is -2.23. The van der Waals surface area contributed by atoms with E-state index in [9.17, 15) is 0 Å². The zero-order chi connectivity index (χ0) is 10.1. The largest absolute Gasteiger partial charge is 0.321 e. The van der Waals surface area contributed by atoms with Crippen LogP contribution in [-0.2, 0) is 0 Å². The van der Waals surface area contributed by atoms with E-state index in [2.05, 4.69) is 20.3 Å². The van der Waals surface area contributed by atoms with E-state index in [1.165, 1.54) is 32.1 Å². The normalized spacial score (nSPS) is 22.1. The first-order valence-corrected chi connectivity index (χ1v) is 6.76.